The highest BCUT2D eigenvalue weighted by Gasteiger charge is 2.43. The first-order valence-electron chi connectivity index (χ1n) is 11.4. The van der Waals surface area contributed by atoms with E-state index in [0.717, 1.165) is 22.2 Å². The minimum Gasteiger partial charge on any atom is -0.476 e. The van der Waals surface area contributed by atoms with Crippen LogP contribution in [-0.2, 0) is 6.42 Å². The van der Waals surface area contributed by atoms with Gasteiger partial charge in [0.25, 0.3) is 0 Å². The zero-order valence-corrected chi connectivity index (χ0v) is 19.3. The molecule has 2 aromatic heterocycles. The number of nitrogens with one attached hydrogen (secondary N) is 2. The number of hydrogen-bond donors (Lipinski definition) is 2. The lowest BCUT2D eigenvalue weighted by atomic mass is 9.89. The van der Waals surface area contributed by atoms with Crippen LogP contribution in [0.5, 0.6) is 5.88 Å². The molecule has 0 aliphatic carbocycles. The van der Waals surface area contributed by atoms with Crippen molar-refractivity contribution >= 4 is 10.9 Å². The second-order valence-electron chi connectivity index (χ2n) is 8.64. The summed E-state index contributed by atoms with van der Waals surface area (Å²) < 4.78 is 58.9. The Morgan fingerprint density at radius 3 is 2.76 bits per heavy atom. The second kappa shape index (κ2) is 10.3. The van der Waals surface area contributed by atoms with Gasteiger partial charge >= 0.3 is 6.18 Å². The van der Waals surface area contributed by atoms with Gasteiger partial charge in [0.2, 0.25) is 5.88 Å². The molecule has 1 aliphatic rings. The predicted molar refractivity (Wildman–Crippen MR) is 122 cm³/mol. The Morgan fingerprint density at radius 2 is 2.00 bits per heavy atom. The van der Waals surface area contributed by atoms with E-state index in [-0.39, 0.29) is 12.7 Å². The van der Waals surface area contributed by atoms with Crippen molar-refractivity contribution in [2.75, 3.05) is 32.9 Å². The number of ether oxygens (including phenoxy) is 1. The fraction of sp³-hybridized carbons (Fsp3) is 0.500. The van der Waals surface area contributed by atoms with Gasteiger partial charge in [-0.3, -0.25) is 9.29 Å². The Balaban J connectivity index is 1.70. The first-order chi connectivity index (χ1) is 16.3. The quantitative estimate of drug-likeness (QED) is 0.350. The Hall–Kier alpha value is -2.72. The van der Waals surface area contributed by atoms with E-state index in [1.165, 1.54) is 11.2 Å². The highest BCUT2D eigenvalue weighted by atomic mass is 19.4. The average Bonchev–Trinajstić information content (AvgIpc) is 3.15. The molecule has 2 N–H and O–H groups in total. The van der Waals surface area contributed by atoms with Crippen LogP contribution in [0.2, 0.25) is 0 Å². The lowest BCUT2D eigenvalue weighted by molar-refractivity contribution is -0.155. The highest BCUT2D eigenvalue weighted by molar-refractivity contribution is 5.85. The minimum absolute atomic E-state index is 0.300. The molecule has 0 radical (unpaired) electrons. The van der Waals surface area contributed by atoms with Crippen molar-refractivity contribution in [1.29, 1.82) is 0 Å². The maximum absolute atomic E-state index is 13.6. The molecular weight excluding hydrogens is 450 g/mol. The lowest BCUT2D eigenvalue weighted by Gasteiger charge is -2.41. The van der Waals surface area contributed by atoms with Crippen molar-refractivity contribution in [1.82, 2.24) is 25.2 Å². The van der Waals surface area contributed by atoms with Gasteiger partial charge in [-0.05, 0) is 44.9 Å². The number of rotatable bonds is 9. The number of benzene rings is 1. The van der Waals surface area contributed by atoms with E-state index in [0.29, 0.717) is 49.7 Å². The van der Waals surface area contributed by atoms with E-state index in [2.05, 4.69) is 20.3 Å². The molecule has 1 aromatic carbocycles. The van der Waals surface area contributed by atoms with Gasteiger partial charge in [-0.2, -0.15) is 13.2 Å². The first-order valence-corrected chi connectivity index (χ1v) is 11.4. The summed E-state index contributed by atoms with van der Waals surface area (Å²) in [4.78, 5) is 13.5. The third kappa shape index (κ3) is 5.17. The van der Waals surface area contributed by atoms with Crippen LogP contribution in [0.1, 0.15) is 41.9 Å². The number of fused-ring (bicyclic) bond motifs is 3. The van der Waals surface area contributed by atoms with Crippen LogP contribution >= 0.6 is 0 Å². The molecule has 2 atom stereocenters. The molecule has 10 heteroatoms. The SMILES string of the molecule is Cc1c(OCCNCCCF)ncnc1C1c2[nH]c3ccccc3c2C[C@@H](C)N1CC(F)(F)F. The molecule has 0 amide bonds. The number of halogens is 4. The molecule has 0 spiro atoms. The number of nitrogens with zero attached hydrogens (tertiary/aromatic N) is 3. The van der Waals surface area contributed by atoms with Crippen LogP contribution in [0.3, 0.4) is 0 Å². The van der Waals surface area contributed by atoms with Crippen molar-refractivity contribution in [2.24, 2.45) is 0 Å². The lowest BCUT2D eigenvalue weighted by Crippen LogP contribution is -2.47. The molecule has 3 heterocycles. The Kier molecular flexibility index (Phi) is 7.37. The molecule has 6 nitrogen and oxygen atoms in total. The topological polar surface area (TPSA) is 66.1 Å². The van der Waals surface area contributed by atoms with Crippen LogP contribution in [-0.4, -0.2) is 65.0 Å². The van der Waals surface area contributed by atoms with Gasteiger partial charge in [0, 0.05) is 34.7 Å². The van der Waals surface area contributed by atoms with Crippen LogP contribution in [0.4, 0.5) is 17.6 Å². The summed E-state index contributed by atoms with van der Waals surface area (Å²) in [5, 5.41) is 4.09. The number of alkyl halides is 4. The summed E-state index contributed by atoms with van der Waals surface area (Å²) in [7, 11) is 0. The van der Waals surface area contributed by atoms with Crippen molar-refractivity contribution < 1.29 is 22.3 Å². The summed E-state index contributed by atoms with van der Waals surface area (Å²) in [6, 6.07) is 6.69. The van der Waals surface area contributed by atoms with E-state index >= 15 is 0 Å². The zero-order chi connectivity index (χ0) is 24.3. The molecule has 0 saturated carbocycles. The van der Waals surface area contributed by atoms with Gasteiger partial charge in [-0.15, -0.1) is 0 Å². The number of H-pyrrole nitrogens is 1. The minimum atomic E-state index is -4.36. The molecule has 184 valence electrons. The Bertz CT molecular complexity index is 1120. The van der Waals surface area contributed by atoms with Crippen molar-refractivity contribution in [3.63, 3.8) is 0 Å². The summed E-state index contributed by atoms with van der Waals surface area (Å²) >= 11 is 0. The van der Waals surface area contributed by atoms with Gasteiger partial charge in [0.1, 0.15) is 12.9 Å². The fourth-order valence-corrected chi connectivity index (χ4v) is 4.66. The summed E-state index contributed by atoms with van der Waals surface area (Å²) in [6.45, 7) is 3.51. The van der Waals surface area contributed by atoms with Crippen LogP contribution in [0, 0.1) is 6.92 Å². The van der Waals surface area contributed by atoms with Crippen molar-refractivity contribution in [2.45, 2.75) is 44.9 Å². The van der Waals surface area contributed by atoms with Gasteiger partial charge in [0.05, 0.1) is 25.0 Å². The van der Waals surface area contributed by atoms with Gasteiger partial charge in [-0.1, -0.05) is 18.2 Å². The zero-order valence-electron chi connectivity index (χ0n) is 19.3. The normalized spacial score (nSPS) is 18.9. The van der Waals surface area contributed by atoms with Gasteiger partial charge in [-0.25, -0.2) is 9.97 Å². The third-order valence-corrected chi connectivity index (χ3v) is 6.22. The van der Waals surface area contributed by atoms with Crippen LogP contribution < -0.4 is 10.1 Å². The largest absolute Gasteiger partial charge is 0.476 e. The van der Waals surface area contributed by atoms with E-state index in [9.17, 15) is 17.6 Å². The maximum atomic E-state index is 13.6. The standard InChI is InChI=1S/C24H29F4N5O/c1-15-12-18-17-6-3-4-7-19(17)32-21(18)22(33(15)13-24(26,27)28)20-16(2)23(31-14-30-20)34-11-10-29-9-5-8-25/h3-4,6-7,14-15,22,29,32H,5,8-13H2,1-2H3/t15-,22?/m1/s1. The molecule has 0 saturated heterocycles. The van der Waals surface area contributed by atoms with Crippen molar-refractivity contribution in [3.05, 3.63) is 53.1 Å². The monoisotopic (exact) mass is 479 g/mol. The van der Waals surface area contributed by atoms with Crippen LogP contribution in [0.15, 0.2) is 30.6 Å². The van der Waals surface area contributed by atoms with Gasteiger partial charge < -0.3 is 15.0 Å². The van der Waals surface area contributed by atoms with Gasteiger partial charge in [0.15, 0.2) is 0 Å². The number of aromatic nitrogens is 3. The van der Waals surface area contributed by atoms with E-state index in [4.69, 9.17) is 4.74 Å². The second-order valence-corrected chi connectivity index (χ2v) is 8.64. The van der Waals surface area contributed by atoms with E-state index < -0.39 is 18.8 Å². The average molecular weight is 480 g/mol. The molecular formula is C24H29F4N5O. The molecule has 3 aromatic rings. The molecule has 4 rings (SSSR count). The third-order valence-electron chi connectivity index (χ3n) is 6.22. The smallest absolute Gasteiger partial charge is 0.401 e. The first kappa shape index (κ1) is 24.4. The number of aromatic amines is 1. The molecule has 0 bridgehead atoms. The van der Waals surface area contributed by atoms with E-state index in [1.807, 2.05) is 31.2 Å². The number of para-hydroxylation sites is 1. The molecule has 34 heavy (non-hydrogen) atoms. The fourth-order valence-electron chi connectivity index (χ4n) is 4.66. The summed E-state index contributed by atoms with van der Waals surface area (Å²) in [5.41, 5.74) is 3.72. The summed E-state index contributed by atoms with van der Waals surface area (Å²) in [5.74, 6) is 0.333. The van der Waals surface area contributed by atoms with Crippen molar-refractivity contribution in [3.8, 4) is 5.88 Å². The number of hydrogen-bond acceptors (Lipinski definition) is 5. The Labute approximate surface area is 195 Å². The predicted octanol–water partition coefficient (Wildman–Crippen LogP) is 4.49. The maximum Gasteiger partial charge on any atom is 0.401 e. The highest BCUT2D eigenvalue weighted by Crippen LogP contribution is 2.42. The van der Waals surface area contributed by atoms with E-state index in [1.54, 1.807) is 6.92 Å². The molecule has 0 fully saturated rings. The van der Waals surface area contributed by atoms with Crippen LogP contribution in [0.25, 0.3) is 10.9 Å². The summed E-state index contributed by atoms with van der Waals surface area (Å²) in [6.07, 6.45) is -2.09. The Morgan fingerprint density at radius 1 is 1.21 bits per heavy atom. The molecule has 1 unspecified atom stereocenters. The molecule has 1 aliphatic heterocycles.